The van der Waals surface area contributed by atoms with Crippen LogP contribution in [0, 0.1) is 0 Å². The number of fused-ring (bicyclic) bond motifs is 1. The van der Waals surface area contributed by atoms with Gasteiger partial charge < -0.3 is 14.7 Å². The van der Waals surface area contributed by atoms with Crippen LogP contribution in [0.4, 0.5) is 0 Å². The number of nitrogens with one attached hydrogen (secondary N) is 1. The molecule has 1 unspecified atom stereocenters. The average Bonchev–Trinajstić information content (AvgIpc) is 3.42. The minimum absolute atomic E-state index is 0.0476. The number of aromatic hydroxyl groups is 1. The van der Waals surface area contributed by atoms with Crippen molar-refractivity contribution < 1.29 is 5.11 Å². The van der Waals surface area contributed by atoms with E-state index in [1.807, 2.05) is 29.0 Å². The van der Waals surface area contributed by atoms with Crippen LogP contribution in [0.2, 0.25) is 0 Å². The van der Waals surface area contributed by atoms with Crippen LogP contribution in [0.15, 0.2) is 73.6 Å². The van der Waals surface area contributed by atoms with Gasteiger partial charge in [0, 0.05) is 48.8 Å². The first kappa shape index (κ1) is 16.8. The van der Waals surface area contributed by atoms with Gasteiger partial charge in [0.05, 0.1) is 24.4 Å². The number of aromatic nitrogens is 4. The van der Waals surface area contributed by atoms with Crippen molar-refractivity contribution in [3.63, 3.8) is 0 Å². The first-order chi connectivity index (χ1) is 13.8. The van der Waals surface area contributed by atoms with E-state index < -0.39 is 0 Å². The summed E-state index contributed by atoms with van der Waals surface area (Å²) in [5.41, 5.74) is 5.45. The summed E-state index contributed by atoms with van der Waals surface area (Å²) in [6, 6.07) is 16.1. The van der Waals surface area contributed by atoms with Crippen LogP contribution in [0.5, 0.6) is 5.75 Å². The van der Waals surface area contributed by atoms with Crippen molar-refractivity contribution in [2.45, 2.75) is 19.0 Å². The number of imidazole rings is 2. The Bertz CT molecular complexity index is 1070. The molecule has 6 heteroatoms. The number of H-pyrrole nitrogens is 1. The molecule has 0 radical (unpaired) electrons. The van der Waals surface area contributed by atoms with Crippen LogP contribution in [-0.4, -0.2) is 36.1 Å². The minimum Gasteiger partial charge on any atom is -0.508 e. The van der Waals surface area contributed by atoms with Gasteiger partial charge in [-0.1, -0.05) is 30.3 Å². The lowest BCUT2D eigenvalue weighted by Crippen LogP contribution is -2.35. The van der Waals surface area contributed by atoms with Gasteiger partial charge in [-0.3, -0.25) is 4.90 Å². The van der Waals surface area contributed by atoms with Crippen LogP contribution in [-0.2, 0) is 13.0 Å². The van der Waals surface area contributed by atoms with Crippen LogP contribution in [0.3, 0.4) is 0 Å². The predicted octanol–water partition coefficient (Wildman–Crippen LogP) is 3.45. The van der Waals surface area contributed by atoms with Gasteiger partial charge in [-0.05, 0) is 23.8 Å². The molecular formula is C22H21N5O. The highest BCUT2D eigenvalue weighted by atomic mass is 16.3. The van der Waals surface area contributed by atoms with Crippen LogP contribution in [0.1, 0.15) is 28.6 Å². The van der Waals surface area contributed by atoms with E-state index in [0.29, 0.717) is 12.3 Å². The highest BCUT2D eigenvalue weighted by Gasteiger charge is 2.31. The van der Waals surface area contributed by atoms with E-state index in [0.717, 1.165) is 29.9 Å². The molecule has 1 aliphatic rings. The number of phenolic OH excluding ortho intramolecular Hbond substituents is 1. The third-order valence-electron chi connectivity index (χ3n) is 5.40. The molecule has 3 heterocycles. The molecule has 140 valence electrons. The van der Waals surface area contributed by atoms with Crippen molar-refractivity contribution in [2.24, 2.45) is 0 Å². The Balaban J connectivity index is 1.51. The number of rotatable bonds is 4. The van der Waals surface area contributed by atoms with E-state index in [1.165, 1.54) is 11.3 Å². The van der Waals surface area contributed by atoms with Gasteiger partial charge in [-0.25, -0.2) is 9.97 Å². The number of aromatic amines is 1. The molecular weight excluding hydrogens is 350 g/mol. The Labute approximate surface area is 163 Å². The summed E-state index contributed by atoms with van der Waals surface area (Å²) in [4.78, 5) is 14.4. The fourth-order valence-corrected chi connectivity index (χ4v) is 3.97. The Morgan fingerprint density at radius 2 is 1.96 bits per heavy atom. The molecule has 28 heavy (non-hydrogen) atoms. The second kappa shape index (κ2) is 6.98. The van der Waals surface area contributed by atoms with Crippen LogP contribution >= 0.6 is 0 Å². The maximum absolute atomic E-state index is 10.2. The molecule has 0 bridgehead atoms. The Hall–Kier alpha value is -3.38. The molecule has 0 saturated heterocycles. The number of benzene rings is 2. The van der Waals surface area contributed by atoms with Gasteiger partial charge in [0.25, 0.3) is 0 Å². The topological polar surface area (TPSA) is 70.0 Å². The molecule has 5 rings (SSSR count). The molecule has 0 fully saturated rings. The Morgan fingerprint density at radius 3 is 2.75 bits per heavy atom. The standard InChI is InChI=1S/C22H21N5O/c28-20-4-2-1-3-17(20)13-26-11-9-19-21(25-14-24-19)22(26)16-5-7-18(8-6-16)27-12-10-23-15-27/h1-8,10,12,14-15,22,28H,9,11,13H2,(H,24,25). The summed E-state index contributed by atoms with van der Waals surface area (Å²) >= 11 is 0. The van der Waals surface area contributed by atoms with E-state index in [2.05, 4.69) is 44.1 Å². The van der Waals surface area contributed by atoms with Crippen molar-refractivity contribution >= 4 is 0 Å². The van der Waals surface area contributed by atoms with Crippen molar-refractivity contribution in [1.29, 1.82) is 0 Å². The number of nitrogens with zero attached hydrogens (tertiary/aromatic N) is 4. The molecule has 2 N–H and O–H groups in total. The molecule has 0 amide bonds. The number of phenols is 1. The van der Waals surface area contributed by atoms with Gasteiger partial charge in [0.15, 0.2) is 0 Å². The van der Waals surface area contributed by atoms with E-state index in [4.69, 9.17) is 0 Å². The van der Waals surface area contributed by atoms with Gasteiger partial charge in [-0.2, -0.15) is 0 Å². The van der Waals surface area contributed by atoms with E-state index >= 15 is 0 Å². The minimum atomic E-state index is 0.0476. The first-order valence-electron chi connectivity index (χ1n) is 9.41. The number of hydrogen-bond acceptors (Lipinski definition) is 4. The molecule has 6 nitrogen and oxygen atoms in total. The second-order valence-electron chi connectivity index (χ2n) is 7.08. The largest absolute Gasteiger partial charge is 0.508 e. The summed E-state index contributed by atoms with van der Waals surface area (Å²) < 4.78 is 1.99. The summed E-state index contributed by atoms with van der Waals surface area (Å²) in [5.74, 6) is 0.338. The van der Waals surface area contributed by atoms with E-state index in [1.54, 1.807) is 24.9 Å². The zero-order valence-corrected chi connectivity index (χ0v) is 15.4. The lowest BCUT2D eigenvalue weighted by Gasteiger charge is -2.35. The molecule has 1 aliphatic heterocycles. The fourth-order valence-electron chi connectivity index (χ4n) is 3.97. The molecule has 2 aromatic carbocycles. The third-order valence-corrected chi connectivity index (χ3v) is 5.40. The SMILES string of the molecule is Oc1ccccc1CN1CCc2[nH]cnc2C1c1ccc(-n2ccnc2)cc1. The highest BCUT2D eigenvalue weighted by molar-refractivity contribution is 5.40. The zero-order chi connectivity index (χ0) is 18.9. The zero-order valence-electron chi connectivity index (χ0n) is 15.4. The lowest BCUT2D eigenvalue weighted by atomic mass is 9.94. The summed E-state index contributed by atoms with van der Waals surface area (Å²) in [5, 5.41) is 10.2. The number of hydrogen-bond donors (Lipinski definition) is 2. The quantitative estimate of drug-likeness (QED) is 0.576. The summed E-state index contributed by atoms with van der Waals surface area (Å²) in [6.07, 6.45) is 8.21. The molecule has 0 aliphatic carbocycles. The average molecular weight is 371 g/mol. The monoisotopic (exact) mass is 371 g/mol. The molecule has 0 saturated carbocycles. The third kappa shape index (κ3) is 2.97. The van der Waals surface area contributed by atoms with Crippen LogP contribution < -0.4 is 0 Å². The van der Waals surface area contributed by atoms with Crippen molar-refractivity contribution in [3.8, 4) is 11.4 Å². The Morgan fingerprint density at radius 1 is 1.11 bits per heavy atom. The maximum atomic E-state index is 10.2. The summed E-state index contributed by atoms with van der Waals surface area (Å²) in [6.45, 7) is 1.57. The first-order valence-corrected chi connectivity index (χ1v) is 9.41. The van der Waals surface area contributed by atoms with E-state index in [-0.39, 0.29) is 6.04 Å². The van der Waals surface area contributed by atoms with Crippen molar-refractivity contribution in [2.75, 3.05) is 6.54 Å². The Kier molecular flexibility index (Phi) is 4.18. The fraction of sp³-hybridized carbons (Fsp3) is 0.182. The van der Waals surface area contributed by atoms with Gasteiger partial charge >= 0.3 is 0 Å². The molecule has 1 atom stereocenters. The summed E-state index contributed by atoms with van der Waals surface area (Å²) in [7, 11) is 0. The maximum Gasteiger partial charge on any atom is 0.120 e. The highest BCUT2D eigenvalue weighted by Crippen LogP contribution is 2.35. The van der Waals surface area contributed by atoms with E-state index in [9.17, 15) is 5.11 Å². The molecule has 4 aromatic rings. The van der Waals surface area contributed by atoms with Crippen molar-refractivity contribution in [3.05, 3.63) is 96.1 Å². The molecule has 2 aromatic heterocycles. The van der Waals surface area contributed by atoms with Crippen LogP contribution in [0.25, 0.3) is 5.69 Å². The van der Waals surface area contributed by atoms with Gasteiger partial charge in [0.1, 0.15) is 5.75 Å². The smallest absolute Gasteiger partial charge is 0.120 e. The second-order valence-corrected chi connectivity index (χ2v) is 7.08. The van der Waals surface area contributed by atoms with Gasteiger partial charge in [0.2, 0.25) is 0 Å². The normalized spacial score (nSPS) is 16.8. The van der Waals surface area contributed by atoms with Crippen molar-refractivity contribution in [1.82, 2.24) is 24.4 Å². The lowest BCUT2D eigenvalue weighted by molar-refractivity contribution is 0.198. The number of para-hydroxylation sites is 1. The predicted molar refractivity (Wildman–Crippen MR) is 106 cm³/mol. The molecule has 0 spiro atoms. The van der Waals surface area contributed by atoms with Gasteiger partial charge in [-0.15, -0.1) is 0 Å².